The van der Waals surface area contributed by atoms with Crippen molar-refractivity contribution in [2.45, 2.75) is 52.4 Å². The van der Waals surface area contributed by atoms with Crippen molar-refractivity contribution in [1.29, 1.82) is 0 Å². The van der Waals surface area contributed by atoms with Gasteiger partial charge in [-0.3, -0.25) is 4.79 Å². The molecule has 0 atom stereocenters. The summed E-state index contributed by atoms with van der Waals surface area (Å²) in [6, 6.07) is 0. The molecule has 0 unspecified atom stereocenters. The average molecular weight is 194 g/mol. The molecular weight excluding hydrogens is 172 g/mol. The number of carbonyl (C=O) groups is 1. The van der Waals surface area contributed by atoms with Crippen LogP contribution in [0.15, 0.2) is 24.3 Å². The first-order chi connectivity index (χ1) is 6.77. The van der Waals surface area contributed by atoms with E-state index in [1.165, 1.54) is 32.1 Å². The lowest BCUT2D eigenvalue weighted by Crippen LogP contribution is -1.78. The summed E-state index contributed by atoms with van der Waals surface area (Å²) in [5.41, 5.74) is 0. The number of rotatable bonds is 8. The van der Waals surface area contributed by atoms with Crippen LogP contribution >= 0.6 is 0 Å². The van der Waals surface area contributed by atoms with Crippen LogP contribution in [0.4, 0.5) is 0 Å². The van der Waals surface area contributed by atoms with Crippen LogP contribution in [0.25, 0.3) is 0 Å². The normalized spacial score (nSPS) is 11.6. The van der Waals surface area contributed by atoms with Crippen molar-refractivity contribution in [1.82, 2.24) is 0 Å². The molecule has 0 aliphatic heterocycles. The van der Waals surface area contributed by atoms with E-state index in [9.17, 15) is 4.79 Å². The summed E-state index contributed by atoms with van der Waals surface area (Å²) in [5, 5.41) is 0. The molecule has 0 aliphatic carbocycles. The third-order valence-corrected chi connectivity index (χ3v) is 2.05. The molecule has 0 fully saturated rings. The highest BCUT2D eigenvalue weighted by molar-refractivity contribution is 5.87. The summed E-state index contributed by atoms with van der Waals surface area (Å²) in [7, 11) is 0. The minimum absolute atomic E-state index is 0.109. The number of ketones is 1. The molecule has 0 aliphatic rings. The van der Waals surface area contributed by atoms with E-state index in [1.54, 1.807) is 13.0 Å². The Morgan fingerprint density at radius 1 is 1.07 bits per heavy atom. The molecule has 0 aromatic rings. The lowest BCUT2D eigenvalue weighted by molar-refractivity contribution is -0.112. The van der Waals surface area contributed by atoms with Crippen LogP contribution in [0.3, 0.4) is 0 Å². The van der Waals surface area contributed by atoms with Crippen LogP contribution in [0.1, 0.15) is 52.4 Å². The van der Waals surface area contributed by atoms with Crippen LogP contribution in [0, 0.1) is 0 Å². The zero-order valence-electron chi connectivity index (χ0n) is 9.46. The molecule has 80 valence electrons. The molecule has 0 heterocycles. The summed E-state index contributed by atoms with van der Waals surface area (Å²) < 4.78 is 0. The Morgan fingerprint density at radius 3 is 2.43 bits per heavy atom. The molecule has 0 rings (SSSR count). The van der Waals surface area contributed by atoms with Gasteiger partial charge in [-0.05, 0) is 25.8 Å². The summed E-state index contributed by atoms with van der Waals surface area (Å²) in [6.07, 6.45) is 15.2. The molecule has 14 heavy (non-hydrogen) atoms. The van der Waals surface area contributed by atoms with E-state index >= 15 is 0 Å². The summed E-state index contributed by atoms with van der Waals surface area (Å²) in [5.74, 6) is 0.109. The fourth-order valence-electron chi connectivity index (χ4n) is 1.23. The molecule has 0 spiro atoms. The fraction of sp³-hybridized carbons (Fsp3) is 0.615. The van der Waals surface area contributed by atoms with Gasteiger partial charge in [0.25, 0.3) is 0 Å². The number of carbonyl (C=O) groups excluding carboxylic acids is 1. The van der Waals surface area contributed by atoms with Gasteiger partial charge in [-0.15, -0.1) is 0 Å². The number of hydrogen-bond donors (Lipinski definition) is 0. The largest absolute Gasteiger partial charge is 0.295 e. The van der Waals surface area contributed by atoms with Gasteiger partial charge in [0.2, 0.25) is 0 Å². The Morgan fingerprint density at radius 2 is 1.79 bits per heavy atom. The van der Waals surface area contributed by atoms with Crippen molar-refractivity contribution in [2.75, 3.05) is 0 Å². The smallest absolute Gasteiger partial charge is 0.152 e. The first-order valence-corrected chi connectivity index (χ1v) is 5.61. The quantitative estimate of drug-likeness (QED) is 0.323. The van der Waals surface area contributed by atoms with E-state index in [-0.39, 0.29) is 5.78 Å². The fourth-order valence-corrected chi connectivity index (χ4v) is 1.23. The van der Waals surface area contributed by atoms with Crippen LogP contribution in [-0.4, -0.2) is 5.78 Å². The summed E-state index contributed by atoms with van der Waals surface area (Å²) in [6.45, 7) is 3.79. The van der Waals surface area contributed by atoms with E-state index in [0.717, 1.165) is 6.42 Å². The third kappa shape index (κ3) is 11.2. The van der Waals surface area contributed by atoms with E-state index in [2.05, 4.69) is 13.0 Å². The minimum atomic E-state index is 0.109. The summed E-state index contributed by atoms with van der Waals surface area (Å²) >= 11 is 0. The van der Waals surface area contributed by atoms with Gasteiger partial charge in [-0.1, -0.05) is 50.8 Å². The highest BCUT2D eigenvalue weighted by atomic mass is 16.1. The molecule has 0 aromatic heterocycles. The maximum Gasteiger partial charge on any atom is 0.152 e. The highest BCUT2D eigenvalue weighted by Gasteiger charge is 1.85. The van der Waals surface area contributed by atoms with E-state index < -0.39 is 0 Å². The van der Waals surface area contributed by atoms with E-state index in [4.69, 9.17) is 0 Å². The Balaban J connectivity index is 3.23. The molecule has 0 radical (unpaired) electrons. The highest BCUT2D eigenvalue weighted by Crippen LogP contribution is 2.05. The molecule has 0 saturated carbocycles. The number of allylic oxidation sites excluding steroid dienone is 4. The van der Waals surface area contributed by atoms with Gasteiger partial charge in [-0.2, -0.15) is 0 Å². The molecule has 0 N–H and O–H groups in total. The molecule has 0 amide bonds. The Hall–Kier alpha value is -0.850. The van der Waals surface area contributed by atoms with Crippen molar-refractivity contribution in [3.63, 3.8) is 0 Å². The topological polar surface area (TPSA) is 17.1 Å². The molecule has 1 heteroatoms. The van der Waals surface area contributed by atoms with Crippen LogP contribution < -0.4 is 0 Å². The van der Waals surface area contributed by atoms with Crippen LogP contribution in [0.2, 0.25) is 0 Å². The molecule has 1 nitrogen and oxygen atoms in total. The third-order valence-electron chi connectivity index (χ3n) is 2.05. The van der Waals surface area contributed by atoms with Gasteiger partial charge in [-0.25, -0.2) is 0 Å². The second-order valence-electron chi connectivity index (χ2n) is 3.60. The van der Waals surface area contributed by atoms with Gasteiger partial charge >= 0.3 is 0 Å². The lowest BCUT2D eigenvalue weighted by Gasteiger charge is -1.95. The van der Waals surface area contributed by atoms with Crippen LogP contribution in [-0.2, 0) is 4.79 Å². The SMILES string of the molecule is CCCCCCCC=CC=CC(C)=O. The van der Waals surface area contributed by atoms with E-state index in [1.807, 2.05) is 12.2 Å². The first-order valence-electron chi connectivity index (χ1n) is 5.61. The van der Waals surface area contributed by atoms with Gasteiger partial charge in [0.15, 0.2) is 5.78 Å². The lowest BCUT2D eigenvalue weighted by atomic mass is 10.1. The molecular formula is C13H22O. The standard InChI is InChI=1S/C13H22O/c1-3-4-5-6-7-8-9-10-11-12-13(2)14/h9-12H,3-8H2,1-2H3. The second-order valence-corrected chi connectivity index (χ2v) is 3.60. The predicted molar refractivity (Wildman–Crippen MR) is 62.3 cm³/mol. The molecule has 0 aromatic carbocycles. The molecule has 0 bridgehead atoms. The predicted octanol–water partition coefficient (Wildman–Crippen LogP) is 4.05. The maximum atomic E-state index is 10.5. The van der Waals surface area contributed by atoms with Gasteiger partial charge < -0.3 is 0 Å². The van der Waals surface area contributed by atoms with Crippen molar-refractivity contribution in [3.8, 4) is 0 Å². The minimum Gasteiger partial charge on any atom is -0.295 e. The average Bonchev–Trinajstić information content (AvgIpc) is 2.15. The van der Waals surface area contributed by atoms with Crippen molar-refractivity contribution < 1.29 is 4.79 Å². The van der Waals surface area contributed by atoms with Crippen molar-refractivity contribution >= 4 is 5.78 Å². The van der Waals surface area contributed by atoms with Crippen molar-refractivity contribution in [3.05, 3.63) is 24.3 Å². The zero-order chi connectivity index (χ0) is 10.6. The van der Waals surface area contributed by atoms with Gasteiger partial charge in [0, 0.05) is 0 Å². The number of unbranched alkanes of at least 4 members (excludes halogenated alkanes) is 5. The Bertz CT molecular complexity index is 189. The second kappa shape index (κ2) is 10.2. The first kappa shape index (κ1) is 13.2. The molecule has 0 saturated heterocycles. The van der Waals surface area contributed by atoms with E-state index in [0.29, 0.717) is 0 Å². The zero-order valence-corrected chi connectivity index (χ0v) is 9.46. The maximum absolute atomic E-state index is 10.5. The monoisotopic (exact) mass is 194 g/mol. The Labute approximate surface area is 87.9 Å². The number of hydrogen-bond acceptors (Lipinski definition) is 1. The van der Waals surface area contributed by atoms with Gasteiger partial charge in [0.1, 0.15) is 0 Å². The van der Waals surface area contributed by atoms with Crippen molar-refractivity contribution in [2.24, 2.45) is 0 Å². The summed E-state index contributed by atoms with van der Waals surface area (Å²) in [4.78, 5) is 10.5. The van der Waals surface area contributed by atoms with Gasteiger partial charge in [0.05, 0.1) is 0 Å². The Kier molecular flexibility index (Phi) is 9.61. The van der Waals surface area contributed by atoms with Crippen LogP contribution in [0.5, 0.6) is 0 Å².